The first-order valence-corrected chi connectivity index (χ1v) is 2.67. The molecule has 8 heavy (non-hydrogen) atoms. The van der Waals surface area contributed by atoms with Crippen LogP contribution in [0.5, 0.6) is 0 Å². The Morgan fingerprint density at radius 2 is 2.25 bits per heavy atom. The van der Waals surface area contributed by atoms with Gasteiger partial charge in [-0.15, -0.1) is 4.39 Å². The van der Waals surface area contributed by atoms with Gasteiger partial charge >= 0.3 is 6.16 Å². The second-order valence-corrected chi connectivity index (χ2v) is 2.24. The van der Waals surface area contributed by atoms with Crippen LogP contribution in [0.3, 0.4) is 0 Å². The van der Waals surface area contributed by atoms with Gasteiger partial charge in [0.1, 0.15) is 0 Å². The van der Waals surface area contributed by atoms with Crippen molar-refractivity contribution in [2.75, 3.05) is 7.05 Å². The highest BCUT2D eigenvalue weighted by atomic mass is 32.1. The number of carbonyl (C=O) groups is 1. The highest BCUT2D eigenvalue weighted by Gasteiger charge is 2.09. The lowest BCUT2D eigenvalue weighted by atomic mass is 10.7. The van der Waals surface area contributed by atoms with E-state index in [0.717, 1.165) is 4.90 Å². The summed E-state index contributed by atoms with van der Waals surface area (Å²) in [5.41, 5.74) is 0. The predicted octanol–water partition coefficient (Wildman–Crippen LogP) is 1.28. The van der Waals surface area contributed by atoms with E-state index in [1.165, 1.54) is 7.05 Å². The van der Waals surface area contributed by atoms with Crippen LogP contribution in [0.15, 0.2) is 0 Å². The number of hydrogen-bond donors (Lipinski definition) is 1. The van der Waals surface area contributed by atoms with Gasteiger partial charge in [0.05, 0.1) is 5.37 Å². The SMILES string of the molecule is C[C@@H](S)N(C)C(=O)F. The molecule has 0 bridgehead atoms. The van der Waals surface area contributed by atoms with E-state index < -0.39 is 6.16 Å². The zero-order valence-corrected chi connectivity index (χ0v) is 5.65. The van der Waals surface area contributed by atoms with Gasteiger partial charge in [0, 0.05) is 7.05 Å². The first-order valence-electron chi connectivity index (χ1n) is 2.16. The van der Waals surface area contributed by atoms with Gasteiger partial charge in [-0.05, 0) is 6.92 Å². The van der Waals surface area contributed by atoms with Gasteiger partial charge in [-0.25, -0.2) is 4.79 Å². The van der Waals surface area contributed by atoms with Crippen molar-refractivity contribution < 1.29 is 9.18 Å². The fourth-order valence-electron chi connectivity index (χ4n) is 0.147. The number of rotatable bonds is 1. The maximum atomic E-state index is 11.6. The fraction of sp³-hybridized carbons (Fsp3) is 0.750. The van der Waals surface area contributed by atoms with Crippen LogP contribution in [0, 0.1) is 0 Å². The molecule has 0 N–H and O–H groups in total. The van der Waals surface area contributed by atoms with Crippen LogP contribution in [0.25, 0.3) is 0 Å². The molecule has 0 aliphatic carbocycles. The summed E-state index contributed by atoms with van der Waals surface area (Å²) in [6.45, 7) is 1.61. The van der Waals surface area contributed by atoms with Crippen molar-refractivity contribution in [3.05, 3.63) is 0 Å². The molecule has 0 rings (SSSR count). The monoisotopic (exact) mass is 137 g/mol. The molecule has 0 aromatic rings. The maximum absolute atomic E-state index is 11.6. The number of nitrogens with zero attached hydrogens (tertiary/aromatic N) is 1. The van der Waals surface area contributed by atoms with Crippen molar-refractivity contribution in [3.8, 4) is 0 Å². The average Bonchev–Trinajstić information content (AvgIpc) is 1.64. The minimum absolute atomic E-state index is 0.354. The van der Waals surface area contributed by atoms with Crippen LogP contribution in [0.4, 0.5) is 9.18 Å². The second kappa shape index (κ2) is 2.91. The Morgan fingerprint density at radius 3 is 2.25 bits per heavy atom. The molecule has 0 aromatic carbocycles. The molecule has 0 fully saturated rings. The van der Waals surface area contributed by atoms with Crippen molar-refractivity contribution in [1.82, 2.24) is 4.90 Å². The van der Waals surface area contributed by atoms with E-state index in [0.29, 0.717) is 0 Å². The van der Waals surface area contributed by atoms with Gasteiger partial charge in [-0.1, -0.05) is 0 Å². The third-order valence-electron chi connectivity index (χ3n) is 0.838. The highest BCUT2D eigenvalue weighted by molar-refractivity contribution is 7.80. The van der Waals surface area contributed by atoms with Gasteiger partial charge in [0.2, 0.25) is 0 Å². The Balaban J connectivity index is 3.64. The molecule has 4 heteroatoms. The van der Waals surface area contributed by atoms with Gasteiger partial charge < -0.3 is 4.90 Å². The molecule has 48 valence electrons. The van der Waals surface area contributed by atoms with Crippen LogP contribution in [-0.2, 0) is 0 Å². The summed E-state index contributed by atoms with van der Waals surface area (Å²) in [5.74, 6) is 0. The van der Waals surface area contributed by atoms with Crippen molar-refractivity contribution in [1.29, 1.82) is 0 Å². The Hall–Kier alpha value is -0.250. The summed E-state index contributed by atoms with van der Waals surface area (Å²) in [5, 5.41) is -0.354. The third kappa shape index (κ3) is 2.16. The standard InChI is InChI=1S/C4H8FNOS/c1-3(8)6(2)4(5)7/h3,8H,1-2H3/t3-/m1/s1. The molecular formula is C4H8FNOS. The Kier molecular flexibility index (Phi) is 2.82. The Bertz CT molecular complexity index is 96.0. The molecule has 0 aliphatic rings. The summed E-state index contributed by atoms with van der Waals surface area (Å²) >= 11 is 3.80. The normalized spacial score (nSPS) is 13.0. The molecule has 0 unspecified atom stereocenters. The summed E-state index contributed by atoms with van der Waals surface area (Å²) in [6.07, 6.45) is -1.45. The lowest BCUT2D eigenvalue weighted by molar-refractivity contribution is 0.184. The first kappa shape index (κ1) is 7.75. The van der Waals surface area contributed by atoms with Crippen molar-refractivity contribution in [2.45, 2.75) is 12.3 Å². The van der Waals surface area contributed by atoms with Crippen LogP contribution in [0.1, 0.15) is 6.92 Å². The lowest BCUT2D eigenvalue weighted by Crippen LogP contribution is -2.27. The Morgan fingerprint density at radius 1 is 1.88 bits per heavy atom. The molecule has 1 atom stereocenters. The van der Waals surface area contributed by atoms with Gasteiger partial charge in [-0.3, -0.25) is 0 Å². The van der Waals surface area contributed by atoms with Crippen LogP contribution < -0.4 is 0 Å². The van der Waals surface area contributed by atoms with E-state index in [9.17, 15) is 9.18 Å². The van der Waals surface area contributed by atoms with E-state index in [4.69, 9.17) is 0 Å². The summed E-state index contributed by atoms with van der Waals surface area (Å²) in [4.78, 5) is 10.7. The molecule has 1 amide bonds. The van der Waals surface area contributed by atoms with Crippen molar-refractivity contribution in [3.63, 3.8) is 0 Å². The molecule has 0 radical (unpaired) electrons. The molecule has 0 aliphatic heterocycles. The quantitative estimate of drug-likeness (QED) is 0.250. The maximum Gasteiger partial charge on any atom is 0.400 e. The van der Waals surface area contributed by atoms with E-state index in [2.05, 4.69) is 12.6 Å². The average molecular weight is 137 g/mol. The fourth-order valence-corrected chi connectivity index (χ4v) is 0.238. The molecule has 0 saturated heterocycles. The van der Waals surface area contributed by atoms with Crippen LogP contribution in [-0.4, -0.2) is 23.5 Å². The largest absolute Gasteiger partial charge is 0.400 e. The summed E-state index contributed by atoms with van der Waals surface area (Å²) in [7, 11) is 1.35. The van der Waals surface area contributed by atoms with Gasteiger partial charge in [0.25, 0.3) is 0 Å². The zero-order valence-electron chi connectivity index (χ0n) is 4.76. The topological polar surface area (TPSA) is 20.3 Å². The van der Waals surface area contributed by atoms with E-state index in [1.54, 1.807) is 6.92 Å². The first-order chi connectivity index (χ1) is 3.55. The van der Waals surface area contributed by atoms with E-state index in [-0.39, 0.29) is 5.37 Å². The molecule has 0 heterocycles. The van der Waals surface area contributed by atoms with Crippen molar-refractivity contribution in [2.24, 2.45) is 0 Å². The number of amides is 1. The number of thiol groups is 1. The van der Waals surface area contributed by atoms with Crippen molar-refractivity contribution >= 4 is 18.8 Å². The third-order valence-corrected chi connectivity index (χ3v) is 1.18. The number of halogens is 1. The molecule has 0 saturated carbocycles. The second-order valence-electron chi connectivity index (χ2n) is 1.50. The minimum atomic E-state index is -1.45. The van der Waals surface area contributed by atoms with Gasteiger partial charge in [-0.2, -0.15) is 12.6 Å². The molecule has 0 aromatic heterocycles. The van der Waals surface area contributed by atoms with E-state index in [1.807, 2.05) is 0 Å². The number of carbonyl (C=O) groups excluding carboxylic acids is 1. The minimum Gasteiger partial charge on any atom is -0.306 e. The van der Waals surface area contributed by atoms with Crippen LogP contribution >= 0.6 is 12.6 Å². The number of hydrogen-bond acceptors (Lipinski definition) is 2. The summed E-state index contributed by atoms with van der Waals surface area (Å²) in [6, 6.07) is 0. The Labute approximate surface area is 53.1 Å². The molecule has 2 nitrogen and oxygen atoms in total. The predicted molar refractivity (Wildman–Crippen MR) is 32.7 cm³/mol. The lowest BCUT2D eigenvalue weighted by Gasteiger charge is -2.14. The van der Waals surface area contributed by atoms with E-state index >= 15 is 0 Å². The highest BCUT2D eigenvalue weighted by Crippen LogP contribution is 2.00. The smallest absolute Gasteiger partial charge is 0.306 e. The zero-order chi connectivity index (χ0) is 6.73. The van der Waals surface area contributed by atoms with Gasteiger partial charge in [0.15, 0.2) is 0 Å². The molecule has 0 spiro atoms. The van der Waals surface area contributed by atoms with Crippen LogP contribution in [0.2, 0.25) is 0 Å². The summed E-state index contributed by atoms with van der Waals surface area (Å²) < 4.78 is 11.6. The molecular weight excluding hydrogens is 129 g/mol.